The molecule has 332 valence electrons. The SMILES string of the molecule is C1COCCN1.C1COCCN1.CC(Br)C(=O)O.CCOC(=O)CC(C)=O.Cc1cc(=O)[nH]c(S)c1C#N.Cc1cc(=O)[nH]c(SC(C)C(=O)O)c1C#N.N#CCC(N)=S. The van der Waals surface area contributed by atoms with Crippen molar-refractivity contribution in [3.05, 3.63) is 55.1 Å². The lowest BCUT2D eigenvalue weighted by Crippen LogP contribution is -2.30. The maximum atomic E-state index is 11.2. The molecule has 8 N–H and O–H groups in total. The fourth-order valence-corrected chi connectivity index (χ4v) is 4.79. The molecule has 4 heterocycles. The molecule has 2 aromatic heterocycles. The minimum absolute atomic E-state index is 0.103. The highest BCUT2D eigenvalue weighted by Crippen LogP contribution is 2.25. The number of carbonyl (C=O) groups is 4. The second-order valence-corrected chi connectivity index (χ2v) is 15.2. The first kappa shape index (κ1) is 59.7. The number of H-pyrrole nitrogens is 2. The van der Waals surface area contributed by atoms with Crippen LogP contribution in [0.25, 0.3) is 0 Å². The van der Waals surface area contributed by atoms with Crippen molar-refractivity contribution >= 4 is 81.2 Å². The van der Waals surface area contributed by atoms with Gasteiger partial charge >= 0.3 is 17.9 Å². The Morgan fingerprint density at radius 1 is 0.917 bits per heavy atom. The van der Waals surface area contributed by atoms with E-state index in [1.165, 1.54) is 26.0 Å². The molecule has 60 heavy (non-hydrogen) atoms. The number of thiocarbonyl (C=S) groups is 1. The molecule has 2 atom stereocenters. The summed E-state index contributed by atoms with van der Waals surface area (Å²) in [7, 11) is 0. The number of hydrogen-bond donors (Lipinski definition) is 8. The largest absolute Gasteiger partial charge is 0.480 e. The van der Waals surface area contributed by atoms with E-state index >= 15 is 0 Å². The molecule has 19 nitrogen and oxygen atoms in total. The van der Waals surface area contributed by atoms with E-state index in [0.29, 0.717) is 38.9 Å². The summed E-state index contributed by atoms with van der Waals surface area (Å²) in [6.45, 7) is 17.5. The van der Waals surface area contributed by atoms with Crippen molar-refractivity contribution in [2.24, 2.45) is 5.73 Å². The van der Waals surface area contributed by atoms with Crippen LogP contribution in [0.3, 0.4) is 0 Å². The van der Waals surface area contributed by atoms with E-state index in [9.17, 15) is 28.8 Å². The van der Waals surface area contributed by atoms with Crippen molar-refractivity contribution in [1.29, 1.82) is 15.8 Å². The van der Waals surface area contributed by atoms with Gasteiger partial charge in [0.25, 0.3) is 0 Å². The molecule has 2 aliphatic heterocycles. The van der Waals surface area contributed by atoms with E-state index < -0.39 is 28.0 Å². The summed E-state index contributed by atoms with van der Waals surface area (Å²) in [6, 6.07) is 8.38. The number of ketones is 1. The number of hydrogen-bond acceptors (Lipinski definition) is 17. The van der Waals surface area contributed by atoms with Crippen LogP contribution in [0.2, 0.25) is 0 Å². The molecule has 0 amide bonds. The van der Waals surface area contributed by atoms with Crippen molar-refractivity contribution in [3.63, 3.8) is 0 Å². The average Bonchev–Trinajstić information content (AvgIpc) is 3.17. The third kappa shape index (κ3) is 34.2. The number of aromatic amines is 2. The van der Waals surface area contributed by atoms with Crippen molar-refractivity contribution in [3.8, 4) is 18.2 Å². The van der Waals surface area contributed by atoms with Gasteiger partial charge < -0.3 is 50.8 Å². The first-order valence-electron chi connectivity index (χ1n) is 17.8. The number of pyridine rings is 2. The number of rotatable bonds is 8. The van der Waals surface area contributed by atoms with Crippen LogP contribution in [0.4, 0.5) is 0 Å². The molecule has 2 fully saturated rings. The summed E-state index contributed by atoms with van der Waals surface area (Å²) in [5.41, 5.74) is 6.29. The molecule has 2 aliphatic rings. The Morgan fingerprint density at radius 3 is 1.62 bits per heavy atom. The quantitative estimate of drug-likeness (QED) is 0.0471. The Labute approximate surface area is 372 Å². The Kier molecular flexibility index (Phi) is 37.2. The number of thiol groups is 1. The summed E-state index contributed by atoms with van der Waals surface area (Å²) >= 11 is 12.1. The number of Topliss-reactive ketones (excluding diaryl/α,β-unsaturated/α-hetero) is 1. The lowest BCUT2D eigenvalue weighted by Gasteiger charge is -2.10. The van der Waals surface area contributed by atoms with Gasteiger partial charge in [0, 0.05) is 38.3 Å². The number of esters is 1. The molecule has 4 rings (SSSR count). The molecule has 2 aromatic rings. The van der Waals surface area contributed by atoms with Crippen LogP contribution in [-0.2, 0) is 33.4 Å². The molecular formula is C37H53BrN8O11S3. The first-order chi connectivity index (χ1) is 28.2. The number of morpholine rings is 2. The smallest absolute Gasteiger partial charge is 0.316 e. The Balaban J connectivity index is -0.000000657. The van der Waals surface area contributed by atoms with E-state index in [4.69, 9.17) is 41.2 Å². The number of ether oxygens (including phenoxy) is 3. The van der Waals surface area contributed by atoms with Crippen LogP contribution >= 0.6 is 52.5 Å². The fourth-order valence-electron chi connectivity index (χ4n) is 3.45. The van der Waals surface area contributed by atoms with E-state index in [-0.39, 0.29) is 34.7 Å². The third-order valence-electron chi connectivity index (χ3n) is 6.28. The van der Waals surface area contributed by atoms with E-state index in [1.807, 2.05) is 12.1 Å². The van der Waals surface area contributed by atoms with Gasteiger partial charge in [-0.15, -0.1) is 12.6 Å². The van der Waals surface area contributed by atoms with Crippen LogP contribution in [0.15, 0.2) is 31.8 Å². The predicted octanol–water partition coefficient (Wildman–Crippen LogP) is 2.75. The van der Waals surface area contributed by atoms with Crippen molar-refractivity contribution in [2.75, 3.05) is 59.2 Å². The Hall–Kier alpha value is -4.64. The van der Waals surface area contributed by atoms with Gasteiger partial charge in [-0.05, 0) is 52.7 Å². The topological polar surface area (TPSA) is 324 Å². The fraction of sp³-hybridized carbons (Fsp3) is 0.514. The van der Waals surface area contributed by atoms with Gasteiger partial charge in [-0.1, -0.05) is 39.9 Å². The van der Waals surface area contributed by atoms with Gasteiger partial charge in [0.05, 0.1) is 71.7 Å². The molecule has 0 aromatic carbocycles. The zero-order chi connectivity index (χ0) is 46.6. The maximum Gasteiger partial charge on any atom is 0.316 e. The van der Waals surface area contributed by atoms with Crippen molar-refractivity contribution in [2.45, 2.75) is 74.5 Å². The number of nitrogens with zero attached hydrogens (tertiary/aromatic N) is 3. The van der Waals surface area contributed by atoms with E-state index in [1.54, 1.807) is 33.8 Å². The number of carboxylic acids is 2. The summed E-state index contributed by atoms with van der Waals surface area (Å²) in [4.78, 5) is 67.7. The number of alkyl halides is 1. The van der Waals surface area contributed by atoms with Gasteiger partial charge in [0.2, 0.25) is 11.1 Å². The van der Waals surface area contributed by atoms with Gasteiger partial charge in [-0.25, -0.2) is 0 Å². The number of nitrogens with one attached hydrogen (secondary N) is 4. The van der Waals surface area contributed by atoms with Gasteiger partial charge in [0.1, 0.15) is 34.4 Å². The highest BCUT2D eigenvalue weighted by molar-refractivity contribution is 9.10. The standard InChI is InChI=1S/C10H10N2O3S.C7H6N2OS.C6H10O3.2C4H9NO.C3H5BrO2.C3H4N2S/c1-5-3-8(13)12-9(7(5)4-11)16-6(2)10(14)15;1-4-2-6(10)9-7(11)5(4)3-8;1-3-9-6(8)4-5(2)7;2*1-3-6-4-2-5-1;1-2(4)3(5)6;4-2-1-3(5)6/h3,6H,1-2H3,(H,12,13)(H,14,15);2H,1H3,(H2,9,10,11);3-4H2,1-2H3;2*5H,1-4H2;2H,1H3,(H,5,6);1H2,(H2,5,6). The zero-order valence-corrected chi connectivity index (χ0v) is 38.3. The molecular weight excluding hydrogens is 909 g/mol. The van der Waals surface area contributed by atoms with Crippen LogP contribution in [0.5, 0.6) is 0 Å². The van der Waals surface area contributed by atoms with Crippen LogP contribution in [0.1, 0.15) is 62.8 Å². The number of aromatic nitrogens is 2. The highest BCUT2D eigenvalue weighted by Gasteiger charge is 2.17. The number of aliphatic carboxylic acids is 2. The number of nitriles is 3. The number of nitrogens with two attached hydrogens (primary N) is 1. The Morgan fingerprint density at radius 2 is 1.35 bits per heavy atom. The number of halogens is 1. The van der Waals surface area contributed by atoms with Crippen LogP contribution in [-0.4, -0.2) is 118 Å². The molecule has 0 saturated carbocycles. The van der Waals surface area contributed by atoms with E-state index in [0.717, 1.165) is 64.4 Å². The normalized spacial score (nSPS) is 12.9. The highest BCUT2D eigenvalue weighted by atomic mass is 79.9. The second kappa shape index (κ2) is 37.4. The minimum Gasteiger partial charge on any atom is -0.480 e. The molecule has 0 radical (unpaired) electrons. The average molecular weight is 962 g/mol. The number of carbonyl (C=O) groups excluding carboxylic acids is 2. The zero-order valence-electron chi connectivity index (χ0n) is 34.2. The second-order valence-electron chi connectivity index (χ2n) is 11.5. The van der Waals surface area contributed by atoms with Crippen molar-refractivity contribution < 1.29 is 43.6 Å². The van der Waals surface area contributed by atoms with Crippen LogP contribution < -0.4 is 27.5 Å². The lowest BCUT2D eigenvalue weighted by molar-refractivity contribution is -0.145. The molecule has 0 bridgehead atoms. The van der Waals surface area contributed by atoms with Crippen LogP contribution in [0, 0.1) is 47.8 Å². The lowest BCUT2D eigenvalue weighted by atomic mass is 10.2. The molecule has 0 spiro atoms. The minimum atomic E-state index is -0.990. The summed E-state index contributed by atoms with van der Waals surface area (Å²) in [6.07, 6.45) is 0.0865. The molecule has 2 unspecified atom stereocenters. The first-order valence-corrected chi connectivity index (χ1v) is 20.4. The molecule has 23 heteroatoms. The number of aryl methyl sites for hydroxylation is 2. The van der Waals surface area contributed by atoms with Gasteiger partial charge in [-0.2, -0.15) is 15.8 Å². The summed E-state index contributed by atoms with van der Waals surface area (Å²) in [5, 5.41) is 48.2. The molecule has 0 aliphatic carbocycles. The summed E-state index contributed by atoms with van der Waals surface area (Å²) < 4.78 is 14.5. The van der Waals surface area contributed by atoms with Gasteiger partial charge in [-0.3, -0.25) is 28.8 Å². The number of carboxylic acid groups (broad SMARTS) is 2. The van der Waals surface area contributed by atoms with Gasteiger partial charge in [0.15, 0.2) is 0 Å². The third-order valence-corrected chi connectivity index (χ3v) is 8.25. The maximum absolute atomic E-state index is 11.2. The Bertz CT molecular complexity index is 1820. The summed E-state index contributed by atoms with van der Waals surface area (Å²) in [5.74, 6) is -2.41. The molecule has 2 saturated heterocycles. The monoisotopic (exact) mass is 960 g/mol. The van der Waals surface area contributed by atoms with E-state index in [2.05, 4.69) is 66.1 Å². The van der Waals surface area contributed by atoms with Crippen molar-refractivity contribution in [1.82, 2.24) is 20.6 Å². The number of thioether (sulfide) groups is 1. The predicted molar refractivity (Wildman–Crippen MR) is 236 cm³/mol.